The van der Waals surface area contributed by atoms with E-state index in [-0.39, 0.29) is 10.8 Å². The van der Waals surface area contributed by atoms with Gasteiger partial charge in [-0.1, -0.05) is 40.8 Å². The summed E-state index contributed by atoms with van der Waals surface area (Å²) >= 11 is 8.05. The predicted octanol–water partition coefficient (Wildman–Crippen LogP) is 5.13. The second-order valence-electron chi connectivity index (χ2n) is 4.24. The van der Waals surface area contributed by atoms with Crippen LogP contribution in [-0.2, 0) is 6.18 Å². The summed E-state index contributed by atoms with van der Waals surface area (Å²) in [4.78, 5) is 11.8. The number of carbonyl (C=O) groups is 1. The van der Waals surface area contributed by atoms with E-state index < -0.39 is 22.8 Å². The third-order valence-electron chi connectivity index (χ3n) is 2.48. The molecule has 2 amide bonds. The number of urea groups is 1. The van der Waals surface area contributed by atoms with Crippen LogP contribution >= 0.6 is 34.7 Å². The highest BCUT2D eigenvalue weighted by Gasteiger charge is 2.33. The summed E-state index contributed by atoms with van der Waals surface area (Å²) in [7, 11) is 0. The molecule has 0 atom stereocenters. The first kappa shape index (κ1) is 18.6. The Morgan fingerprint density at radius 1 is 1.38 bits per heavy atom. The van der Waals surface area contributed by atoms with Crippen LogP contribution in [-0.4, -0.2) is 22.0 Å². The number of hydrogen-bond donors (Lipinski definition) is 2. The summed E-state index contributed by atoms with van der Waals surface area (Å²) in [5, 5.41) is 12.1. The van der Waals surface area contributed by atoms with Gasteiger partial charge in [-0.25, -0.2) is 4.79 Å². The summed E-state index contributed by atoms with van der Waals surface area (Å²) in [6.07, 6.45) is -2.91. The molecule has 0 aliphatic heterocycles. The van der Waals surface area contributed by atoms with Gasteiger partial charge in [0.15, 0.2) is 4.34 Å². The van der Waals surface area contributed by atoms with Gasteiger partial charge in [-0.05, 0) is 18.2 Å². The average molecular weight is 395 g/mol. The maximum Gasteiger partial charge on any atom is 0.417 e. The van der Waals surface area contributed by atoms with E-state index in [0.29, 0.717) is 10.1 Å². The lowest BCUT2D eigenvalue weighted by Crippen LogP contribution is -2.19. The molecular weight excluding hydrogens is 385 g/mol. The topological polar surface area (TPSA) is 66.9 Å². The lowest BCUT2D eigenvalue weighted by atomic mass is 10.2. The molecule has 2 aromatic rings. The number of alkyl halides is 3. The van der Waals surface area contributed by atoms with E-state index >= 15 is 0 Å². The van der Waals surface area contributed by atoms with Gasteiger partial charge in [0.25, 0.3) is 0 Å². The van der Waals surface area contributed by atoms with Crippen LogP contribution in [0.2, 0.25) is 5.02 Å². The molecule has 0 aliphatic rings. The number of nitrogens with zero attached hydrogens (tertiary/aromatic N) is 2. The molecule has 0 aliphatic carbocycles. The SMILES string of the molecule is C=CCSc1nnc(NC(=O)Nc2ccc(Cl)c(C(F)(F)F)c2)s1. The number of amides is 2. The summed E-state index contributed by atoms with van der Waals surface area (Å²) in [5.41, 5.74) is -1.07. The van der Waals surface area contributed by atoms with Crippen molar-refractivity contribution in [3.8, 4) is 0 Å². The average Bonchev–Trinajstić information content (AvgIpc) is 2.93. The summed E-state index contributed by atoms with van der Waals surface area (Å²) < 4.78 is 39.0. The van der Waals surface area contributed by atoms with Crippen molar-refractivity contribution in [2.45, 2.75) is 10.5 Å². The van der Waals surface area contributed by atoms with Crippen LogP contribution in [0.4, 0.5) is 28.8 Å². The quantitative estimate of drug-likeness (QED) is 0.419. The molecule has 0 bridgehead atoms. The number of nitrogens with one attached hydrogen (secondary N) is 2. The van der Waals surface area contributed by atoms with Crippen LogP contribution in [0.15, 0.2) is 35.2 Å². The molecule has 128 valence electrons. The van der Waals surface area contributed by atoms with Gasteiger partial charge in [-0.3, -0.25) is 5.32 Å². The molecule has 0 radical (unpaired) electrons. The maximum atomic E-state index is 12.8. The van der Waals surface area contributed by atoms with E-state index in [0.717, 1.165) is 23.5 Å². The van der Waals surface area contributed by atoms with Gasteiger partial charge >= 0.3 is 12.2 Å². The second-order valence-corrected chi connectivity index (χ2v) is 6.90. The van der Waals surface area contributed by atoms with Gasteiger partial charge in [-0.15, -0.1) is 16.8 Å². The van der Waals surface area contributed by atoms with Crippen LogP contribution in [0, 0.1) is 0 Å². The van der Waals surface area contributed by atoms with E-state index in [2.05, 4.69) is 27.4 Å². The number of thioether (sulfide) groups is 1. The zero-order valence-corrected chi connectivity index (χ0v) is 14.2. The Bertz CT molecular complexity index is 751. The van der Waals surface area contributed by atoms with Gasteiger partial charge in [0.05, 0.1) is 10.6 Å². The number of carbonyl (C=O) groups excluding carboxylic acids is 1. The lowest BCUT2D eigenvalue weighted by Gasteiger charge is -2.11. The Morgan fingerprint density at radius 2 is 2.12 bits per heavy atom. The third-order valence-corrected chi connectivity index (χ3v) is 4.78. The summed E-state index contributed by atoms with van der Waals surface area (Å²) in [6.45, 7) is 3.57. The fourth-order valence-corrected chi connectivity index (χ4v) is 3.26. The van der Waals surface area contributed by atoms with E-state index in [1.165, 1.54) is 17.8 Å². The van der Waals surface area contributed by atoms with E-state index in [1.54, 1.807) is 6.08 Å². The van der Waals surface area contributed by atoms with Crippen molar-refractivity contribution < 1.29 is 18.0 Å². The Morgan fingerprint density at radius 3 is 2.79 bits per heavy atom. The number of benzene rings is 1. The zero-order chi connectivity index (χ0) is 17.7. The van der Waals surface area contributed by atoms with Gasteiger partial charge in [0.1, 0.15) is 0 Å². The van der Waals surface area contributed by atoms with Crippen molar-refractivity contribution in [1.29, 1.82) is 0 Å². The molecule has 11 heteroatoms. The largest absolute Gasteiger partial charge is 0.417 e. The summed E-state index contributed by atoms with van der Waals surface area (Å²) in [5.74, 6) is 0.645. The molecule has 1 aromatic heterocycles. The molecule has 1 aromatic carbocycles. The highest BCUT2D eigenvalue weighted by molar-refractivity contribution is 8.01. The lowest BCUT2D eigenvalue weighted by molar-refractivity contribution is -0.137. The molecule has 2 N–H and O–H groups in total. The Hall–Kier alpha value is -1.78. The number of halogens is 4. The first-order valence-electron chi connectivity index (χ1n) is 6.31. The minimum Gasteiger partial charge on any atom is -0.308 e. The molecule has 0 saturated heterocycles. The zero-order valence-electron chi connectivity index (χ0n) is 11.9. The number of hydrogen-bond acceptors (Lipinski definition) is 5. The highest BCUT2D eigenvalue weighted by atomic mass is 35.5. The van der Waals surface area contributed by atoms with Gasteiger partial charge < -0.3 is 5.32 Å². The molecule has 24 heavy (non-hydrogen) atoms. The summed E-state index contributed by atoms with van der Waals surface area (Å²) in [6, 6.07) is 2.35. The van der Waals surface area contributed by atoms with Crippen molar-refractivity contribution in [2.24, 2.45) is 0 Å². The monoisotopic (exact) mass is 394 g/mol. The third kappa shape index (κ3) is 5.11. The molecule has 0 fully saturated rings. The Kier molecular flexibility index (Phi) is 6.08. The number of anilines is 2. The standard InChI is InChI=1S/C13H10ClF3N4OS2/c1-2-5-23-12-21-20-11(24-12)19-10(22)18-7-3-4-9(14)8(6-7)13(15,16)17/h2-4,6H,1,5H2,(H2,18,19,20,22). The van der Waals surface area contributed by atoms with Crippen LogP contribution in [0.3, 0.4) is 0 Å². The molecule has 0 unspecified atom stereocenters. The molecule has 5 nitrogen and oxygen atoms in total. The van der Waals surface area contributed by atoms with Crippen LogP contribution in [0.1, 0.15) is 5.56 Å². The number of aromatic nitrogens is 2. The first-order valence-corrected chi connectivity index (χ1v) is 8.49. The fourth-order valence-electron chi connectivity index (χ4n) is 1.53. The van der Waals surface area contributed by atoms with Crippen LogP contribution in [0.25, 0.3) is 0 Å². The minimum atomic E-state index is -4.61. The smallest absolute Gasteiger partial charge is 0.308 e. The highest BCUT2D eigenvalue weighted by Crippen LogP contribution is 2.36. The van der Waals surface area contributed by atoms with Gasteiger partial charge in [-0.2, -0.15) is 13.2 Å². The van der Waals surface area contributed by atoms with Gasteiger partial charge in [0.2, 0.25) is 5.13 Å². The molecule has 0 spiro atoms. The van der Waals surface area contributed by atoms with E-state index in [1.807, 2.05) is 0 Å². The minimum absolute atomic E-state index is 0.0463. The number of rotatable bonds is 5. The van der Waals surface area contributed by atoms with Gasteiger partial charge in [0, 0.05) is 11.4 Å². The predicted molar refractivity (Wildman–Crippen MR) is 89.9 cm³/mol. The Balaban J connectivity index is 2.02. The fraction of sp³-hybridized carbons (Fsp3) is 0.154. The Labute approximate surface area is 148 Å². The molecular formula is C13H10ClF3N4OS2. The van der Waals surface area contributed by atoms with E-state index in [9.17, 15) is 18.0 Å². The van der Waals surface area contributed by atoms with Crippen LogP contribution < -0.4 is 10.6 Å². The maximum absolute atomic E-state index is 12.8. The second kappa shape index (κ2) is 7.86. The normalized spacial score (nSPS) is 11.2. The van der Waals surface area contributed by atoms with Crippen LogP contribution in [0.5, 0.6) is 0 Å². The molecule has 2 rings (SSSR count). The first-order chi connectivity index (χ1) is 11.3. The van der Waals surface area contributed by atoms with Crippen molar-refractivity contribution in [3.05, 3.63) is 41.4 Å². The molecule has 1 heterocycles. The van der Waals surface area contributed by atoms with Crippen molar-refractivity contribution in [2.75, 3.05) is 16.4 Å². The van der Waals surface area contributed by atoms with E-state index in [4.69, 9.17) is 11.6 Å². The molecule has 0 saturated carbocycles. The van der Waals surface area contributed by atoms with Crippen molar-refractivity contribution in [3.63, 3.8) is 0 Å². The van der Waals surface area contributed by atoms with Crippen molar-refractivity contribution >= 4 is 51.5 Å². The van der Waals surface area contributed by atoms with Crippen molar-refractivity contribution in [1.82, 2.24) is 10.2 Å².